The second-order valence-corrected chi connectivity index (χ2v) is 7.93. The standard InChI is InChI=1S/C22H29N3O6/c1-31-19(26)14-24(21(28)17-9-5-11-23-17)13-16(15-7-3-2-4-8-15)20(27)25-12-6-10-18(25)22(29)30/h2-4,7-8,16-18,23H,5-6,9-14H2,1H3,(H,29,30)/t16?,17-,18-/m0/s1. The predicted molar refractivity (Wildman–Crippen MR) is 111 cm³/mol. The van der Waals surface area contributed by atoms with Crippen LogP contribution in [0.4, 0.5) is 0 Å². The van der Waals surface area contributed by atoms with Crippen LogP contribution in [-0.2, 0) is 23.9 Å². The van der Waals surface area contributed by atoms with Gasteiger partial charge in [-0.25, -0.2) is 4.79 Å². The predicted octanol–water partition coefficient (Wildman–Crippen LogP) is 0.599. The van der Waals surface area contributed by atoms with Crippen molar-refractivity contribution in [3.05, 3.63) is 35.9 Å². The number of nitrogens with zero attached hydrogens (tertiary/aromatic N) is 2. The molecule has 0 aromatic heterocycles. The average Bonchev–Trinajstić information content (AvgIpc) is 3.48. The molecule has 0 aliphatic carbocycles. The Morgan fingerprint density at radius 2 is 1.94 bits per heavy atom. The lowest BCUT2D eigenvalue weighted by atomic mass is 9.96. The molecule has 0 bridgehead atoms. The van der Waals surface area contributed by atoms with E-state index in [0.29, 0.717) is 31.4 Å². The number of hydrogen-bond acceptors (Lipinski definition) is 6. The fourth-order valence-electron chi connectivity index (χ4n) is 4.29. The maximum Gasteiger partial charge on any atom is 0.326 e. The van der Waals surface area contributed by atoms with Crippen LogP contribution in [0.5, 0.6) is 0 Å². The molecule has 1 aromatic rings. The van der Waals surface area contributed by atoms with Gasteiger partial charge in [0.15, 0.2) is 0 Å². The Morgan fingerprint density at radius 3 is 2.55 bits per heavy atom. The number of benzene rings is 1. The first-order valence-corrected chi connectivity index (χ1v) is 10.6. The van der Waals surface area contributed by atoms with Crippen LogP contribution in [0.3, 0.4) is 0 Å². The first-order chi connectivity index (χ1) is 14.9. The van der Waals surface area contributed by atoms with Crippen LogP contribution in [0.15, 0.2) is 30.3 Å². The molecule has 2 N–H and O–H groups in total. The SMILES string of the molecule is COC(=O)CN(CC(C(=O)N1CCC[C@H]1C(=O)O)c1ccccc1)C(=O)[C@@H]1CCCN1. The number of rotatable bonds is 8. The molecule has 2 aliphatic heterocycles. The highest BCUT2D eigenvalue weighted by molar-refractivity contribution is 5.91. The van der Waals surface area contributed by atoms with Gasteiger partial charge in [0.25, 0.3) is 0 Å². The first-order valence-electron chi connectivity index (χ1n) is 10.6. The van der Waals surface area contributed by atoms with Gasteiger partial charge in [-0.2, -0.15) is 0 Å². The van der Waals surface area contributed by atoms with Crippen molar-refractivity contribution in [3.8, 4) is 0 Å². The summed E-state index contributed by atoms with van der Waals surface area (Å²) in [5.41, 5.74) is 0.672. The Labute approximate surface area is 181 Å². The van der Waals surface area contributed by atoms with Crippen molar-refractivity contribution in [1.82, 2.24) is 15.1 Å². The van der Waals surface area contributed by atoms with E-state index in [1.54, 1.807) is 24.3 Å². The number of carbonyl (C=O) groups is 4. The van der Waals surface area contributed by atoms with E-state index in [2.05, 4.69) is 5.32 Å². The topological polar surface area (TPSA) is 116 Å². The molecule has 3 rings (SSSR count). The van der Waals surface area contributed by atoms with E-state index in [-0.39, 0.29) is 24.9 Å². The Balaban J connectivity index is 1.89. The van der Waals surface area contributed by atoms with Crippen molar-refractivity contribution in [1.29, 1.82) is 0 Å². The highest BCUT2D eigenvalue weighted by Gasteiger charge is 2.39. The van der Waals surface area contributed by atoms with Gasteiger partial charge in [0.2, 0.25) is 11.8 Å². The highest BCUT2D eigenvalue weighted by Crippen LogP contribution is 2.26. The third-order valence-corrected chi connectivity index (χ3v) is 5.94. The summed E-state index contributed by atoms with van der Waals surface area (Å²) in [4.78, 5) is 53.0. The van der Waals surface area contributed by atoms with Crippen LogP contribution in [0.25, 0.3) is 0 Å². The lowest BCUT2D eigenvalue weighted by Gasteiger charge is -2.32. The molecule has 2 saturated heterocycles. The highest BCUT2D eigenvalue weighted by atomic mass is 16.5. The van der Waals surface area contributed by atoms with Gasteiger partial charge in [-0.05, 0) is 37.8 Å². The van der Waals surface area contributed by atoms with Gasteiger partial charge in [0.05, 0.1) is 19.1 Å². The minimum absolute atomic E-state index is 0.0300. The van der Waals surface area contributed by atoms with E-state index in [9.17, 15) is 24.3 Å². The van der Waals surface area contributed by atoms with Gasteiger partial charge in [-0.15, -0.1) is 0 Å². The number of esters is 1. The zero-order valence-corrected chi connectivity index (χ0v) is 17.7. The van der Waals surface area contributed by atoms with Crippen LogP contribution < -0.4 is 5.32 Å². The third-order valence-electron chi connectivity index (χ3n) is 5.94. The van der Waals surface area contributed by atoms with Gasteiger partial charge in [0.1, 0.15) is 12.6 Å². The Morgan fingerprint density at radius 1 is 1.19 bits per heavy atom. The summed E-state index contributed by atoms with van der Waals surface area (Å²) < 4.78 is 4.76. The lowest BCUT2D eigenvalue weighted by Crippen LogP contribution is -2.50. The molecular formula is C22H29N3O6. The zero-order valence-electron chi connectivity index (χ0n) is 17.7. The van der Waals surface area contributed by atoms with Gasteiger partial charge in [-0.1, -0.05) is 30.3 Å². The van der Waals surface area contributed by atoms with E-state index in [4.69, 9.17) is 4.74 Å². The van der Waals surface area contributed by atoms with E-state index in [1.807, 2.05) is 6.07 Å². The summed E-state index contributed by atoms with van der Waals surface area (Å²) in [6.07, 6.45) is 2.53. The summed E-state index contributed by atoms with van der Waals surface area (Å²) >= 11 is 0. The second kappa shape index (κ2) is 10.4. The van der Waals surface area contributed by atoms with Gasteiger partial charge in [0, 0.05) is 13.1 Å². The zero-order chi connectivity index (χ0) is 22.4. The van der Waals surface area contributed by atoms with Crippen molar-refractivity contribution < 1.29 is 29.0 Å². The molecule has 2 amide bonds. The largest absolute Gasteiger partial charge is 0.480 e. The molecule has 9 heteroatoms. The summed E-state index contributed by atoms with van der Waals surface area (Å²) in [5.74, 6) is -2.99. The molecule has 2 aliphatic rings. The monoisotopic (exact) mass is 431 g/mol. The van der Waals surface area contributed by atoms with E-state index in [1.165, 1.54) is 16.9 Å². The van der Waals surface area contributed by atoms with E-state index in [0.717, 1.165) is 13.0 Å². The maximum absolute atomic E-state index is 13.5. The van der Waals surface area contributed by atoms with Crippen molar-refractivity contribution in [2.24, 2.45) is 0 Å². The minimum atomic E-state index is -1.03. The molecule has 168 valence electrons. The summed E-state index contributed by atoms with van der Waals surface area (Å²) in [6, 6.07) is 7.68. The Kier molecular flexibility index (Phi) is 7.62. The number of nitrogens with one attached hydrogen (secondary N) is 1. The number of carboxylic acids is 1. The number of likely N-dealkylation sites (tertiary alicyclic amines) is 1. The fraction of sp³-hybridized carbons (Fsp3) is 0.545. The number of aliphatic carboxylic acids is 1. The molecule has 0 spiro atoms. The van der Waals surface area contributed by atoms with Gasteiger partial charge in [-0.3, -0.25) is 14.4 Å². The average molecular weight is 431 g/mol. The number of carbonyl (C=O) groups excluding carboxylic acids is 3. The number of ether oxygens (including phenoxy) is 1. The van der Waals surface area contributed by atoms with Crippen LogP contribution in [0.2, 0.25) is 0 Å². The van der Waals surface area contributed by atoms with Crippen LogP contribution in [0, 0.1) is 0 Å². The number of carboxylic acid groups (broad SMARTS) is 1. The summed E-state index contributed by atoms with van der Waals surface area (Å²) in [7, 11) is 1.25. The molecule has 31 heavy (non-hydrogen) atoms. The molecular weight excluding hydrogens is 402 g/mol. The van der Waals surface area contributed by atoms with Gasteiger partial charge < -0.3 is 25.0 Å². The second-order valence-electron chi connectivity index (χ2n) is 7.93. The molecule has 2 fully saturated rings. The third kappa shape index (κ3) is 5.41. The molecule has 9 nitrogen and oxygen atoms in total. The molecule has 0 radical (unpaired) electrons. The number of amides is 2. The van der Waals surface area contributed by atoms with Gasteiger partial charge >= 0.3 is 11.9 Å². The maximum atomic E-state index is 13.5. The minimum Gasteiger partial charge on any atom is -0.480 e. The molecule has 2 heterocycles. The lowest BCUT2D eigenvalue weighted by molar-refractivity contribution is -0.151. The fourth-order valence-corrected chi connectivity index (χ4v) is 4.29. The number of methoxy groups -OCH3 is 1. The summed E-state index contributed by atoms with van der Waals surface area (Å²) in [6.45, 7) is 0.774. The molecule has 0 saturated carbocycles. The normalized spacial score (nSPS) is 21.5. The summed E-state index contributed by atoms with van der Waals surface area (Å²) in [5, 5.41) is 12.7. The number of hydrogen-bond donors (Lipinski definition) is 2. The van der Waals surface area contributed by atoms with E-state index < -0.39 is 29.9 Å². The van der Waals surface area contributed by atoms with Crippen LogP contribution in [-0.4, -0.2) is 84.0 Å². The van der Waals surface area contributed by atoms with Crippen molar-refractivity contribution >= 4 is 23.8 Å². The molecule has 3 atom stereocenters. The Hall–Kier alpha value is -2.94. The Bertz CT molecular complexity index is 809. The molecule has 1 aromatic carbocycles. The first kappa shape index (κ1) is 22.7. The quantitative estimate of drug-likeness (QED) is 0.579. The van der Waals surface area contributed by atoms with E-state index >= 15 is 0 Å². The van der Waals surface area contributed by atoms with Crippen molar-refractivity contribution in [2.45, 2.75) is 43.7 Å². The molecule has 1 unspecified atom stereocenters. The van der Waals surface area contributed by atoms with Crippen molar-refractivity contribution in [2.75, 3.05) is 33.3 Å². The van der Waals surface area contributed by atoms with Crippen molar-refractivity contribution in [3.63, 3.8) is 0 Å². The van der Waals surface area contributed by atoms with Crippen LogP contribution >= 0.6 is 0 Å². The smallest absolute Gasteiger partial charge is 0.326 e. The van der Waals surface area contributed by atoms with Crippen LogP contribution in [0.1, 0.15) is 37.2 Å².